The molecule has 1 atom stereocenters. The summed E-state index contributed by atoms with van der Waals surface area (Å²) >= 11 is 0. The van der Waals surface area contributed by atoms with Gasteiger partial charge in [-0.1, -0.05) is 0 Å². The quantitative estimate of drug-likeness (QED) is 0.668. The molecular weight excluding hydrogens is 140 g/mol. The van der Waals surface area contributed by atoms with Crippen molar-refractivity contribution >= 4 is 5.69 Å². The van der Waals surface area contributed by atoms with Crippen molar-refractivity contribution in [2.24, 2.45) is 0 Å². The lowest BCUT2D eigenvalue weighted by Crippen LogP contribution is -2.01. The normalized spacial score (nSPS) is 12.6. The second-order valence-corrected chi connectivity index (χ2v) is 2.36. The summed E-state index contributed by atoms with van der Waals surface area (Å²) in [5.74, 6) is 0. The number of anilines is 1. The Labute approximate surface area is 66.1 Å². The van der Waals surface area contributed by atoms with Crippen LogP contribution in [0.4, 0.5) is 5.69 Å². The molecule has 0 amide bonds. The van der Waals surface area contributed by atoms with Crippen LogP contribution in [0, 0.1) is 0 Å². The zero-order chi connectivity index (χ0) is 8.27. The molecule has 0 bridgehead atoms. The van der Waals surface area contributed by atoms with E-state index in [9.17, 15) is 5.11 Å². The van der Waals surface area contributed by atoms with Gasteiger partial charge in [0.05, 0.1) is 17.5 Å². The number of hydrogen-bond donors (Lipinski definition) is 2. The van der Waals surface area contributed by atoms with Gasteiger partial charge in [-0.05, 0) is 19.1 Å². The monoisotopic (exact) mass is 152 g/mol. The molecule has 1 rings (SSSR count). The summed E-state index contributed by atoms with van der Waals surface area (Å²) in [5.41, 5.74) is 1.57. The fourth-order valence-corrected chi connectivity index (χ4v) is 0.962. The second-order valence-electron chi connectivity index (χ2n) is 2.36. The first-order valence-electron chi connectivity index (χ1n) is 3.56. The van der Waals surface area contributed by atoms with Gasteiger partial charge in [0, 0.05) is 13.2 Å². The van der Waals surface area contributed by atoms with Crippen molar-refractivity contribution in [2.75, 3.05) is 12.4 Å². The van der Waals surface area contributed by atoms with E-state index in [4.69, 9.17) is 0 Å². The molecule has 0 saturated carbocycles. The molecule has 1 aromatic rings. The van der Waals surface area contributed by atoms with Crippen molar-refractivity contribution in [1.82, 2.24) is 4.98 Å². The highest BCUT2D eigenvalue weighted by atomic mass is 16.3. The summed E-state index contributed by atoms with van der Waals surface area (Å²) in [6, 6.07) is 3.72. The zero-order valence-corrected chi connectivity index (χ0v) is 6.70. The van der Waals surface area contributed by atoms with Gasteiger partial charge in [0.1, 0.15) is 0 Å². The molecule has 0 radical (unpaired) electrons. The molecule has 2 N–H and O–H groups in total. The summed E-state index contributed by atoms with van der Waals surface area (Å²) in [4.78, 5) is 4.04. The van der Waals surface area contributed by atoms with E-state index in [-0.39, 0.29) is 0 Å². The molecule has 0 saturated heterocycles. The van der Waals surface area contributed by atoms with E-state index in [1.807, 2.05) is 19.2 Å². The van der Waals surface area contributed by atoms with E-state index < -0.39 is 6.10 Å². The third-order valence-electron chi connectivity index (χ3n) is 1.50. The van der Waals surface area contributed by atoms with Crippen LogP contribution in [0.25, 0.3) is 0 Å². The van der Waals surface area contributed by atoms with E-state index in [0.717, 1.165) is 5.69 Å². The Bertz CT molecular complexity index is 235. The van der Waals surface area contributed by atoms with Crippen LogP contribution >= 0.6 is 0 Å². The van der Waals surface area contributed by atoms with Crippen molar-refractivity contribution in [3.63, 3.8) is 0 Å². The van der Waals surface area contributed by atoms with Crippen molar-refractivity contribution < 1.29 is 5.11 Å². The molecule has 1 aromatic heterocycles. The molecule has 3 heteroatoms. The summed E-state index contributed by atoms with van der Waals surface area (Å²) in [5, 5.41) is 12.2. The lowest BCUT2D eigenvalue weighted by atomic mass is 10.2. The predicted octanol–water partition coefficient (Wildman–Crippen LogP) is 1.18. The van der Waals surface area contributed by atoms with Gasteiger partial charge < -0.3 is 10.4 Å². The number of hydrogen-bond acceptors (Lipinski definition) is 3. The van der Waals surface area contributed by atoms with Crippen LogP contribution in [0.3, 0.4) is 0 Å². The maximum atomic E-state index is 9.23. The molecule has 0 aliphatic rings. The minimum Gasteiger partial charge on any atom is -0.387 e. The van der Waals surface area contributed by atoms with Gasteiger partial charge in [-0.2, -0.15) is 0 Å². The maximum absolute atomic E-state index is 9.23. The van der Waals surface area contributed by atoms with E-state index in [2.05, 4.69) is 10.3 Å². The molecule has 1 heterocycles. The van der Waals surface area contributed by atoms with Gasteiger partial charge in [0.2, 0.25) is 0 Å². The largest absolute Gasteiger partial charge is 0.387 e. The van der Waals surface area contributed by atoms with Gasteiger partial charge >= 0.3 is 0 Å². The number of rotatable bonds is 2. The van der Waals surface area contributed by atoms with Gasteiger partial charge in [0.15, 0.2) is 0 Å². The summed E-state index contributed by atoms with van der Waals surface area (Å²) in [7, 11) is 1.81. The number of aliphatic hydroxyl groups excluding tert-OH is 1. The molecule has 0 fully saturated rings. The van der Waals surface area contributed by atoms with Crippen LogP contribution in [0.2, 0.25) is 0 Å². The van der Waals surface area contributed by atoms with E-state index >= 15 is 0 Å². The van der Waals surface area contributed by atoms with E-state index in [0.29, 0.717) is 5.69 Å². The van der Waals surface area contributed by atoms with E-state index in [1.165, 1.54) is 0 Å². The third kappa shape index (κ3) is 1.68. The fourth-order valence-electron chi connectivity index (χ4n) is 0.962. The summed E-state index contributed by atoms with van der Waals surface area (Å²) in [6.45, 7) is 1.70. The lowest BCUT2D eigenvalue weighted by molar-refractivity contribution is 0.195. The minimum atomic E-state index is -0.515. The Morgan fingerprint density at radius 2 is 2.36 bits per heavy atom. The smallest absolute Gasteiger partial charge is 0.0952 e. The van der Waals surface area contributed by atoms with Crippen LogP contribution in [-0.4, -0.2) is 17.1 Å². The van der Waals surface area contributed by atoms with Crippen LogP contribution in [-0.2, 0) is 0 Å². The summed E-state index contributed by atoms with van der Waals surface area (Å²) < 4.78 is 0. The van der Waals surface area contributed by atoms with Crippen molar-refractivity contribution in [2.45, 2.75) is 13.0 Å². The average molecular weight is 152 g/mol. The average Bonchev–Trinajstić information content (AvgIpc) is 2.04. The molecule has 0 aromatic carbocycles. The van der Waals surface area contributed by atoms with Crippen LogP contribution in [0.15, 0.2) is 18.3 Å². The first-order chi connectivity index (χ1) is 5.25. The first-order valence-corrected chi connectivity index (χ1v) is 3.56. The molecule has 60 valence electrons. The standard InChI is InChI=1S/C8H12N2O/c1-6(11)8-7(9-2)4-3-5-10-8/h3-6,9,11H,1-2H3. The Hall–Kier alpha value is -1.09. The highest BCUT2D eigenvalue weighted by Gasteiger charge is 2.05. The van der Waals surface area contributed by atoms with Crippen LogP contribution in [0.1, 0.15) is 18.7 Å². The van der Waals surface area contributed by atoms with E-state index in [1.54, 1.807) is 13.1 Å². The van der Waals surface area contributed by atoms with Gasteiger partial charge in [0.25, 0.3) is 0 Å². The molecule has 3 nitrogen and oxygen atoms in total. The number of pyridine rings is 1. The fraction of sp³-hybridized carbons (Fsp3) is 0.375. The molecular formula is C8H12N2O. The van der Waals surface area contributed by atoms with Crippen molar-refractivity contribution in [1.29, 1.82) is 0 Å². The van der Waals surface area contributed by atoms with Crippen LogP contribution < -0.4 is 5.32 Å². The predicted molar refractivity (Wildman–Crippen MR) is 44.4 cm³/mol. The van der Waals surface area contributed by atoms with Gasteiger partial charge in [-0.25, -0.2) is 0 Å². The Balaban J connectivity index is 3.02. The van der Waals surface area contributed by atoms with Gasteiger partial charge in [-0.3, -0.25) is 4.98 Å². The van der Waals surface area contributed by atoms with Crippen LogP contribution in [0.5, 0.6) is 0 Å². The third-order valence-corrected chi connectivity index (χ3v) is 1.50. The molecule has 1 unspecified atom stereocenters. The van der Waals surface area contributed by atoms with Crippen molar-refractivity contribution in [3.05, 3.63) is 24.0 Å². The Morgan fingerprint density at radius 1 is 1.64 bits per heavy atom. The molecule has 0 aliphatic carbocycles. The minimum absolute atomic E-state index is 0.515. The number of nitrogens with zero attached hydrogens (tertiary/aromatic N) is 1. The topological polar surface area (TPSA) is 45.2 Å². The Morgan fingerprint density at radius 3 is 2.82 bits per heavy atom. The van der Waals surface area contributed by atoms with Gasteiger partial charge in [-0.15, -0.1) is 0 Å². The molecule has 11 heavy (non-hydrogen) atoms. The number of aliphatic hydroxyl groups is 1. The summed E-state index contributed by atoms with van der Waals surface area (Å²) in [6.07, 6.45) is 1.15. The zero-order valence-electron chi connectivity index (χ0n) is 6.70. The van der Waals surface area contributed by atoms with Crippen molar-refractivity contribution in [3.8, 4) is 0 Å². The molecule has 0 aliphatic heterocycles. The SMILES string of the molecule is CNc1cccnc1C(C)O. The Kier molecular flexibility index (Phi) is 2.44. The lowest BCUT2D eigenvalue weighted by Gasteiger charge is -2.08. The number of nitrogens with one attached hydrogen (secondary N) is 1. The second kappa shape index (κ2) is 3.34. The highest BCUT2D eigenvalue weighted by molar-refractivity contribution is 5.47. The highest BCUT2D eigenvalue weighted by Crippen LogP contribution is 2.18. The molecule has 0 spiro atoms. The maximum Gasteiger partial charge on any atom is 0.0952 e. The number of aromatic nitrogens is 1. The first kappa shape index (κ1) is 8.01.